The van der Waals surface area contributed by atoms with E-state index in [0.717, 1.165) is 23.6 Å². The molecule has 2 aliphatic rings. The zero-order valence-electron chi connectivity index (χ0n) is 8.82. The van der Waals surface area contributed by atoms with Gasteiger partial charge in [-0.15, -0.1) is 0 Å². The van der Waals surface area contributed by atoms with Gasteiger partial charge in [0.2, 0.25) is 0 Å². The van der Waals surface area contributed by atoms with E-state index >= 15 is 0 Å². The molecule has 0 aromatic carbocycles. The molecule has 1 fully saturated rings. The molecule has 0 amide bonds. The highest BCUT2D eigenvalue weighted by atomic mass is 16.4. The third kappa shape index (κ3) is 1.02. The van der Waals surface area contributed by atoms with Gasteiger partial charge >= 0.3 is 5.97 Å². The van der Waals surface area contributed by atoms with Gasteiger partial charge in [-0.05, 0) is 24.2 Å². The fourth-order valence-electron chi connectivity index (χ4n) is 3.25. The maximum absolute atomic E-state index is 10.9. The lowest BCUT2D eigenvalue weighted by Crippen LogP contribution is -2.04. The Morgan fingerprint density at radius 2 is 2.33 bits per heavy atom. The molecule has 4 heteroatoms. The van der Waals surface area contributed by atoms with Crippen LogP contribution in [-0.4, -0.2) is 21.3 Å². The van der Waals surface area contributed by atoms with Crippen molar-refractivity contribution in [1.82, 2.24) is 10.2 Å². The molecule has 1 aromatic heterocycles. The maximum Gasteiger partial charge on any atom is 0.356 e. The molecule has 3 rings (SSSR count). The van der Waals surface area contributed by atoms with Crippen LogP contribution in [0.4, 0.5) is 0 Å². The van der Waals surface area contributed by atoms with Gasteiger partial charge in [0.25, 0.3) is 0 Å². The van der Waals surface area contributed by atoms with Crippen molar-refractivity contribution in [1.29, 1.82) is 0 Å². The number of aromatic amines is 1. The van der Waals surface area contributed by atoms with E-state index in [0.29, 0.717) is 17.8 Å². The average molecular weight is 206 g/mol. The molecule has 0 bridgehead atoms. The third-order valence-electron chi connectivity index (χ3n) is 3.87. The van der Waals surface area contributed by atoms with Crippen LogP contribution in [0.1, 0.15) is 41.5 Å². The Morgan fingerprint density at radius 3 is 2.93 bits per heavy atom. The number of H-pyrrole nitrogens is 1. The molecule has 2 N–H and O–H groups in total. The monoisotopic (exact) mass is 206 g/mol. The number of carboxylic acids is 1. The normalized spacial score (nSPS) is 31.5. The molecule has 3 atom stereocenters. The van der Waals surface area contributed by atoms with Crippen molar-refractivity contribution in [3.05, 3.63) is 17.0 Å². The molecule has 1 saturated carbocycles. The van der Waals surface area contributed by atoms with Crippen LogP contribution in [0.25, 0.3) is 0 Å². The molecule has 2 aliphatic carbocycles. The maximum atomic E-state index is 10.9. The Labute approximate surface area is 87.7 Å². The summed E-state index contributed by atoms with van der Waals surface area (Å²) >= 11 is 0. The minimum Gasteiger partial charge on any atom is -0.476 e. The number of nitrogens with one attached hydrogen (secondary N) is 1. The Kier molecular flexibility index (Phi) is 1.56. The van der Waals surface area contributed by atoms with Gasteiger partial charge in [-0.2, -0.15) is 5.10 Å². The van der Waals surface area contributed by atoms with Crippen molar-refractivity contribution < 1.29 is 9.90 Å². The topological polar surface area (TPSA) is 66.0 Å². The molecule has 80 valence electrons. The van der Waals surface area contributed by atoms with Gasteiger partial charge in [0.15, 0.2) is 5.69 Å². The second-order valence-electron chi connectivity index (χ2n) is 4.98. The van der Waals surface area contributed by atoms with Gasteiger partial charge < -0.3 is 5.11 Å². The van der Waals surface area contributed by atoms with Crippen molar-refractivity contribution in [2.75, 3.05) is 0 Å². The summed E-state index contributed by atoms with van der Waals surface area (Å²) in [5, 5.41) is 15.7. The summed E-state index contributed by atoms with van der Waals surface area (Å²) in [6, 6.07) is 0. The number of hydrogen-bond donors (Lipinski definition) is 2. The highest BCUT2D eigenvalue weighted by molar-refractivity contribution is 5.87. The van der Waals surface area contributed by atoms with Crippen LogP contribution in [0.5, 0.6) is 0 Å². The van der Waals surface area contributed by atoms with Crippen molar-refractivity contribution in [2.24, 2.45) is 17.8 Å². The predicted octanol–water partition coefficient (Wildman–Crippen LogP) is 1.65. The highest BCUT2D eigenvalue weighted by Gasteiger charge is 2.58. The largest absolute Gasteiger partial charge is 0.476 e. The number of aromatic nitrogens is 2. The SMILES string of the molecule is CC(C)C1C2Cc3c(C(=O)O)n[nH]c3C21. The molecule has 15 heavy (non-hydrogen) atoms. The van der Waals surface area contributed by atoms with Crippen LogP contribution in [0.2, 0.25) is 0 Å². The van der Waals surface area contributed by atoms with Crippen molar-refractivity contribution in [3.63, 3.8) is 0 Å². The lowest BCUT2D eigenvalue weighted by Gasteiger charge is -2.06. The van der Waals surface area contributed by atoms with Gasteiger partial charge in [0.1, 0.15) is 0 Å². The first-order valence-corrected chi connectivity index (χ1v) is 5.41. The smallest absolute Gasteiger partial charge is 0.356 e. The summed E-state index contributed by atoms with van der Waals surface area (Å²) in [6.45, 7) is 4.47. The summed E-state index contributed by atoms with van der Waals surface area (Å²) in [6.07, 6.45) is 0.904. The molecular formula is C11H14N2O2. The second kappa shape index (κ2) is 2.62. The minimum atomic E-state index is -0.908. The van der Waals surface area contributed by atoms with E-state index in [9.17, 15) is 4.79 Å². The first kappa shape index (κ1) is 8.95. The standard InChI is InChI=1S/C11H14N2O2/c1-4(2)7-5-3-6-9(8(5)7)12-13-10(6)11(14)15/h4-5,7-8H,3H2,1-2H3,(H,12,13)(H,14,15). The van der Waals surface area contributed by atoms with Crippen molar-refractivity contribution >= 4 is 5.97 Å². The molecule has 3 unspecified atom stereocenters. The number of rotatable bonds is 2. The summed E-state index contributed by atoms with van der Waals surface area (Å²) in [5.74, 6) is 1.74. The van der Waals surface area contributed by atoms with E-state index in [1.807, 2.05) is 0 Å². The van der Waals surface area contributed by atoms with Crippen LogP contribution >= 0.6 is 0 Å². The van der Waals surface area contributed by atoms with Crippen LogP contribution in [-0.2, 0) is 6.42 Å². The summed E-state index contributed by atoms with van der Waals surface area (Å²) < 4.78 is 0. The number of fused-ring (bicyclic) bond motifs is 3. The molecule has 0 spiro atoms. The predicted molar refractivity (Wildman–Crippen MR) is 53.8 cm³/mol. The van der Waals surface area contributed by atoms with Crippen LogP contribution in [0.3, 0.4) is 0 Å². The number of aromatic carboxylic acids is 1. The van der Waals surface area contributed by atoms with E-state index in [1.165, 1.54) is 0 Å². The van der Waals surface area contributed by atoms with E-state index in [2.05, 4.69) is 24.0 Å². The zero-order chi connectivity index (χ0) is 10.7. The quantitative estimate of drug-likeness (QED) is 0.773. The van der Waals surface area contributed by atoms with Crippen molar-refractivity contribution in [3.8, 4) is 0 Å². The first-order chi connectivity index (χ1) is 7.11. The number of carboxylic acid groups (broad SMARTS) is 1. The van der Waals surface area contributed by atoms with Gasteiger partial charge in [0, 0.05) is 17.2 Å². The Balaban J connectivity index is 1.95. The molecule has 0 saturated heterocycles. The lowest BCUT2D eigenvalue weighted by atomic mass is 9.99. The molecular weight excluding hydrogens is 192 g/mol. The number of nitrogens with zero attached hydrogens (tertiary/aromatic N) is 1. The zero-order valence-corrected chi connectivity index (χ0v) is 8.82. The second-order valence-corrected chi connectivity index (χ2v) is 4.98. The molecule has 4 nitrogen and oxygen atoms in total. The minimum absolute atomic E-state index is 0.236. The van der Waals surface area contributed by atoms with Gasteiger partial charge in [-0.1, -0.05) is 13.8 Å². The Bertz CT molecular complexity index is 436. The summed E-state index contributed by atoms with van der Waals surface area (Å²) in [7, 11) is 0. The molecule has 1 heterocycles. The van der Waals surface area contributed by atoms with E-state index in [1.54, 1.807) is 0 Å². The molecule has 0 radical (unpaired) electrons. The Hall–Kier alpha value is -1.32. The number of hydrogen-bond acceptors (Lipinski definition) is 2. The van der Waals surface area contributed by atoms with E-state index in [4.69, 9.17) is 5.11 Å². The van der Waals surface area contributed by atoms with E-state index < -0.39 is 5.97 Å². The van der Waals surface area contributed by atoms with E-state index in [-0.39, 0.29) is 5.69 Å². The van der Waals surface area contributed by atoms with Gasteiger partial charge in [0.05, 0.1) is 0 Å². The van der Waals surface area contributed by atoms with Gasteiger partial charge in [-0.25, -0.2) is 4.79 Å². The fraction of sp³-hybridized carbons (Fsp3) is 0.636. The third-order valence-corrected chi connectivity index (χ3v) is 3.87. The summed E-state index contributed by atoms with van der Waals surface area (Å²) in [4.78, 5) is 10.9. The Morgan fingerprint density at radius 1 is 1.60 bits per heavy atom. The van der Waals surface area contributed by atoms with Gasteiger partial charge in [-0.3, -0.25) is 5.10 Å². The van der Waals surface area contributed by atoms with Crippen molar-refractivity contribution in [2.45, 2.75) is 26.2 Å². The van der Waals surface area contributed by atoms with Crippen LogP contribution in [0, 0.1) is 17.8 Å². The first-order valence-electron chi connectivity index (χ1n) is 5.41. The molecule has 1 aromatic rings. The highest BCUT2D eigenvalue weighted by Crippen LogP contribution is 2.63. The summed E-state index contributed by atoms with van der Waals surface area (Å²) in [5.41, 5.74) is 2.28. The lowest BCUT2D eigenvalue weighted by molar-refractivity contribution is 0.0689. The fourth-order valence-corrected chi connectivity index (χ4v) is 3.25. The van der Waals surface area contributed by atoms with Crippen LogP contribution in [0.15, 0.2) is 0 Å². The average Bonchev–Trinajstić information content (AvgIpc) is 2.52. The number of carbonyl (C=O) groups is 1. The van der Waals surface area contributed by atoms with Crippen LogP contribution < -0.4 is 0 Å². The molecule has 0 aliphatic heterocycles.